The maximum atomic E-state index is 11.3. The van der Waals surface area contributed by atoms with Gasteiger partial charge in [0.15, 0.2) is 0 Å². The SMILES string of the molecule is Cc1ccc(/C=C/C(=O)NCC(C)C)o1. The van der Waals surface area contributed by atoms with Gasteiger partial charge in [-0.2, -0.15) is 0 Å². The molecule has 1 aromatic heterocycles. The molecule has 1 rings (SSSR count). The Morgan fingerprint density at radius 3 is 2.80 bits per heavy atom. The first-order valence-corrected chi connectivity index (χ1v) is 5.10. The Bertz CT molecular complexity index is 350. The van der Waals surface area contributed by atoms with Crippen molar-refractivity contribution in [3.8, 4) is 0 Å². The fourth-order valence-electron chi connectivity index (χ4n) is 1.06. The Kier molecular flexibility index (Phi) is 4.16. The van der Waals surface area contributed by atoms with E-state index in [9.17, 15) is 4.79 Å². The fraction of sp³-hybridized carbons (Fsp3) is 0.417. The Morgan fingerprint density at radius 2 is 2.27 bits per heavy atom. The summed E-state index contributed by atoms with van der Waals surface area (Å²) in [7, 11) is 0. The summed E-state index contributed by atoms with van der Waals surface area (Å²) in [5.74, 6) is 1.93. The summed E-state index contributed by atoms with van der Waals surface area (Å²) in [6, 6.07) is 3.70. The smallest absolute Gasteiger partial charge is 0.244 e. The van der Waals surface area contributed by atoms with Gasteiger partial charge < -0.3 is 9.73 Å². The molecule has 15 heavy (non-hydrogen) atoms. The highest BCUT2D eigenvalue weighted by Gasteiger charge is 1.98. The first kappa shape index (κ1) is 11.6. The largest absolute Gasteiger partial charge is 0.462 e. The number of aryl methyl sites for hydroxylation is 1. The molecule has 3 nitrogen and oxygen atoms in total. The summed E-state index contributed by atoms with van der Waals surface area (Å²) in [6.45, 7) is 6.68. The number of hydrogen-bond acceptors (Lipinski definition) is 2. The first-order valence-electron chi connectivity index (χ1n) is 5.10. The van der Waals surface area contributed by atoms with E-state index in [0.717, 1.165) is 5.76 Å². The van der Waals surface area contributed by atoms with Crippen LogP contribution in [0.1, 0.15) is 25.4 Å². The number of carbonyl (C=O) groups excluding carboxylic acids is 1. The van der Waals surface area contributed by atoms with Crippen LogP contribution in [0.5, 0.6) is 0 Å². The van der Waals surface area contributed by atoms with Crippen LogP contribution >= 0.6 is 0 Å². The zero-order chi connectivity index (χ0) is 11.3. The third kappa shape index (κ3) is 4.49. The predicted octanol–water partition coefficient (Wildman–Crippen LogP) is 2.37. The number of carbonyl (C=O) groups is 1. The summed E-state index contributed by atoms with van der Waals surface area (Å²) in [4.78, 5) is 11.3. The van der Waals surface area contributed by atoms with Gasteiger partial charge in [0.05, 0.1) is 0 Å². The quantitative estimate of drug-likeness (QED) is 0.770. The zero-order valence-electron chi connectivity index (χ0n) is 9.41. The Hall–Kier alpha value is -1.51. The van der Waals surface area contributed by atoms with Gasteiger partial charge in [0.2, 0.25) is 5.91 Å². The van der Waals surface area contributed by atoms with Crippen LogP contribution in [0.3, 0.4) is 0 Å². The van der Waals surface area contributed by atoms with Crippen LogP contribution in [0.15, 0.2) is 22.6 Å². The van der Waals surface area contributed by atoms with Crippen LogP contribution in [0.2, 0.25) is 0 Å². The molecule has 82 valence electrons. The monoisotopic (exact) mass is 207 g/mol. The van der Waals surface area contributed by atoms with Crippen molar-refractivity contribution in [2.45, 2.75) is 20.8 Å². The van der Waals surface area contributed by atoms with Gasteiger partial charge in [0, 0.05) is 12.6 Å². The molecule has 0 spiro atoms. The van der Waals surface area contributed by atoms with Gasteiger partial charge in [-0.3, -0.25) is 4.79 Å². The zero-order valence-corrected chi connectivity index (χ0v) is 9.41. The van der Waals surface area contributed by atoms with E-state index in [0.29, 0.717) is 18.2 Å². The van der Waals surface area contributed by atoms with Crippen molar-refractivity contribution in [1.29, 1.82) is 0 Å². The molecule has 3 heteroatoms. The average molecular weight is 207 g/mol. The van der Waals surface area contributed by atoms with Crippen molar-refractivity contribution in [2.24, 2.45) is 5.92 Å². The highest BCUT2D eigenvalue weighted by molar-refractivity contribution is 5.91. The third-order valence-electron chi connectivity index (χ3n) is 1.84. The molecule has 1 N–H and O–H groups in total. The lowest BCUT2D eigenvalue weighted by Crippen LogP contribution is -2.25. The van der Waals surface area contributed by atoms with E-state index >= 15 is 0 Å². The highest BCUT2D eigenvalue weighted by Crippen LogP contribution is 2.07. The minimum Gasteiger partial charge on any atom is -0.462 e. The second-order valence-corrected chi connectivity index (χ2v) is 3.92. The van der Waals surface area contributed by atoms with Gasteiger partial charge in [-0.05, 0) is 31.1 Å². The van der Waals surface area contributed by atoms with Crippen LogP contribution in [-0.4, -0.2) is 12.5 Å². The summed E-state index contributed by atoms with van der Waals surface area (Å²) < 4.78 is 5.29. The van der Waals surface area contributed by atoms with E-state index in [1.165, 1.54) is 6.08 Å². The van der Waals surface area contributed by atoms with Crippen LogP contribution in [0, 0.1) is 12.8 Å². The molecule has 0 unspecified atom stereocenters. The van der Waals surface area contributed by atoms with E-state index in [1.807, 2.05) is 19.1 Å². The molecule has 0 atom stereocenters. The topological polar surface area (TPSA) is 42.2 Å². The van der Waals surface area contributed by atoms with Gasteiger partial charge in [-0.1, -0.05) is 13.8 Å². The molecule has 0 aromatic carbocycles. The molecular formula is C12H17NO2. The fourth-order valence-corrected chi connectivity index (χ4v) is 1.06. The normalized spacial score (nSPS) is 11.2. The van der Waals surface area contributed by atoms with Gasteiger partial charge in [0.25, 0.3) is 0 Å². The van der Waals surface area contributed by atoms with Crippen LogP contribution < -0.4 is 5.32 Å². The molecule has 0 aliphatic carbocycles. The van der Waals surface area contributed by atoms with E-state index in [4.69, 9.17) is 4.42 Å². The van der Waals surface area contributed by atoms with Gasteiger partial charge >= 0.3 is 0 Å². The standard InChI is InChI=1S/C12H17NO2/c1-9(2)8-13-12(14)7-6-11-5-4-10(3)15-11/h4-7,9H,8H2,1-3H3,(H,13,14)/b7-6+. The van der Waals surface area contributed by atoms with Crippen LogP contribution in [0.4, 0.5) is 0 Å². The maximum Gasteiger partial charge on any atom is 0.244 e. The van der Waals surface area contributed by atoms with Crippen LogP contribution in [0.25, 0.3) is 6.08 Å². The summed E-state index contributed by atoms with van der Waals surface area (Å²) in [5, 5.41) is 2.79. The highest BCUT2D eigenvalue weighted by atomic mass is 16.3. The third-order valence-corrected chi connectivity index (χ3v) is 1.84. The molecule has 0 aliphatic rings. The lowest BCUT2D eigenvalue weighted by Gasteiger charge is -2.03. The second kappa shape index (κ2) is 5.39. The van der Waals surface area contributed by atoms with Crippen molar-refractivity contribution in [3.05, 3.63) is 29.7 Å². The van der Waals surface area contributed by atoms with Crippen LogP contribution in [-0.2, 0) is 4.79 Å². The predicted molar refractivity (Wildman–Crippen MR) is 60.3 cm³/mol. The molecule has 0 fully saturated rings. The lowest BCUT2D eigenvalue weighted by atomic mass is 10.2. The number of nitrogens with one attached hydrogen (secondary N) is 1. The molecule has 1 amide bonds. The van der Waals surface area contributed by atoms with Crippen molar-refractivity contribution < 1.29 is 9.21 Å². The molecule has 0 bridgehead atoms. The minimum absolute atomic E-state index is 0.0854. The molecule has 0 saturated carbocycles. The van der Waals surface area contributed by atoms with Crippen molar-refractivity contribution in [3.63, 3.8) is 0 Å². The molecule has 0 aliphatic heterocycles. The van der Waals surface area contributed by atoms with E-state index in [2.05, 4.69) is 19.2 Å². The lowest BCUT2D eigenvalue weighted by molar-refractivity contribution is -0.116. The molecule has 1 heterocycles. The maximum absolute atomic E-state index is 11.3. The van der Waals surface area contributed by atoms with Crippen molar-refractivity contribution in [2.75, 3.05) is 6.54 Å². The molecule has 1 aromatic rings. The summed E-state index contributed by atoms with van der Waals surface area (Å²) in [6.07, 6.45) is 3.16. The molecule has 0 saturated heterocycles. The summed E-state index contributed by atoms with van der Waals surface area (Å²) in [5.41, 5.74) is 0. The van der Waals surface area contributed by atoms with Gasteiger partial charge in [-0.15, -0.1) is 0 Å². The Labute approximate surface area is 90.2 Å². The minimum atomic E-state index is -0.0854. The number of hydrogen-bond donors (Lipinski definition) is 1. The average Bonchev–Trinajstić information content (AvgIpc) is 2.58. The summed E-state index contributed by atoms with van der Waals surface area (Å²) >= 11 is 0. The number of amides is 1. The molecule has 0 radical (unpaired) electrons. The Balaban J connectivity index is 2.40. The van der Waals surface area contributed by atoms with E-state index in [1.54, 1.807) is 6.08 Å². The Morgan fingerprint density at radius 1 is 1.53 bits per heavy atom. The van der Waals surface area contributed by atoms with Crippen molar-refractivity contribution in [1.82, 2.24) is 5.32 Å². The van der Waals surface area contributed by atoms with Gasteiger partial charge in [-0.25, -0.2) is 0 Å². The molecular weight excluding hydrogens is 190 g/mol. The van der Waals surface area contributed by atoms with Crippen molar-refractivity contribution >= 4 is 12.0 Å². The van der Waals surface area contributed by atoms with Gasteiger partial charge in [0.1, 0.15) is 11.5 Å². The first-order chi connectivity index (χ1) is 7.08. The van der Waals surface area contributed by atoms with E-state index < -0.39 is 0 Å². The number of furan rings is 1. The second-order valence-electron chi connectivity index (χ2n) is 3.92. The number of rotatable bonds is 4. The van der Waals surface area contributed by atoms with E-state index in [-0.39, 0.29) is 5.91 Å².